The van der Waals surface area contributed by atoms with Crippen LogP contribution >= 0.6 is 0 Å². The van der Waals surface area contributed by atoms with Gasteiger partial charge in [0.1, 0.15) is 0 Å². The van der Waals surface area contributed by atoms with Gasteiger partial charge in [0.05, 0.1) is 6.20 Å². The maximum atomic E-state index is 5.94. The first-order chi connectivity index (χ1) is 6.69. The average Bonchev–Trinajstić information content (AvgIpc) is 2.77. The maximum absolute atomic E-state index is 5.94. The number of nitrogens with two attached hydrogens (primary N) is 1. The predicted molar refractivity (Wildman–Crippen MR) is 57.1 cm³/mol. The fourth-order valence-corrected chi connectivity index (χ4v) is 2.65. The van der Waals surface area contributed by atoms with Crippen molar-refractivity contribution in [3.05, 3.63) is 17.5 Å². The second-order valence-electron chi connectivity index (χ2n) is 4.46. The largest absolute Gasteiger partial charge is 0.330 e. The second-order valence-corrected chi connectivity index (χ2v) is 4.46. The fourth-order valence-electron chi connectivity index (χ4n) is 2.65. The van der Waals surface area contributed by atoms with E-state index in [9.17, 15) is 0 Å². The van der Waals surface area contributed by atoms with E-state index in [1.807, 2.05) is 17.9 Å². The van der Waals surface area contributed by atoms with Crippen LogP contribution < -0.4 is 5.73 Å². The summed E-state index contributed by atoms with van der Waals surface area (Å²) in [6, 6.07) is 0. The Bertz CT molecular complexity index is 321. The number of hydrogen-bond acceptors (Lipinski definition) is 2. The molecule has 0 bridgehead atoms. The highest BCUT2D eigenvalue weighted by atomic mass is 15.3. The van der Waals surface area contributed by atoms with Crippen LogP contribution in [0, 0.1) is 6.92 Å². The summed E-state index contributed by atoms with van der Waals surface area (Å²) in [7, 11) is 2.00. The van der Waals surface area contributed by atoms with Crippen LogP contribution in [0.3, 0.4) is 0 Å². The van der Waals surface area contributed by atoms with Crippen molar-refractivity contribution >= 4 is 0 Å². The zero-order valence-corrected chi connectivity index (χ0v) is 9.08. The first kappa shape index (κ1) is 9.71. The molecule has 0 aliphatic heterocycles. The molecule has 0 atom stereocenters. The quantitative estimate of drug-likeness (QED) is 0.773. The molecule has 3 heteroatoms. The SMILES string of the molecule is Cc1c(C2(CN)CCCC2)cnn1C. The molecule has 0 amide bonds. The molecule has 1 aliphatic carbocycles. The molecule has 14 heavy (non-hydrogen) atoms. The lowest BCUT2D eigenvalue weighted by Crippen LogP contribution is -2.32. The standard InChI is InChI=1S/C11H19N3/c1-9-10(7-13-14(9)2)11(8-12)5-3-4-6-11/h7H,3-6,8,12H2,1-2H3. The molecular weight excluding hydrogens is 174 g/mol. The first-order valence-corrected chi connectivity index (χ1v) is 5.39. The molecule has 78 valence electrons. The van der Waals surface area contributed by atoms with Crippen LogP contribution in [-0.4, -0.2) is 16.3 Å². The third kappa shape index (κ3) is 1.27. The molecule has 1 aromatic rings. The number of aromatic nitrogens is 2. The Kier molecular flexibility index (Phi) is 2.35. The third-order valence-corrected chi connectivity index (χ3v) is 3.76. The normalized spacial score (nSPS) is 20.2. The van der Waals surface area contributed by atoms with Crippen LogP contribution in [0.5, 0.6) is 0 Å². The summed E-state index contributed by atoms with van der Waals surface area (Å²) in [5.41, 5.74) is 8.83. The van der Waals surface area contributed by atoms with Gasteiger partial charge in [0, 0.05) is 30.3 Å². The fraction of sp³-hybridized carbons (Fsp3) is 0.727. The van der Waals surface area contributed by atoms with E-state index in [0.717, 1.165) is 6.54 Å². The predicted octanol–water partition coefficient (Wildman–Crippen LogP) is 1.50. The average molecular weight is 193 g/mol. The van der Waals surface area contributed by atoms with E-state index >= 15 is 0 Å². The second kappa shape index (κ2) is 3.39. The Hall–Kier alpha value is -0.830. The minimum Gasteiger partial charge on any atom is -0.330 e. The molecular formula is C11H19N3. The topological polar surface area (TPSA) is 43.8 Å². The summed E-state index contributed by atoms with van der Waals surface area (Å²) in [6.07, 6.45) is 7.09. The molecule has 0 unspecified atom stereocenters. The highest BCUT2D eigenvalue weighted by Crippen LogP contribution is 2.41. The van der Waals surface area contributed by atoms with E-state index in [1.54, 1.807) is 0 Å². The molecule has 1 heterocycles. The van der Waals surface area contributed by atoms with Crippen molar-refractivity contribution < 1.29 is 0 Å². The van der Waals surface area contributed by atoms with Crippen LogP contribution in [0.15, 0.2) is 6.20 Å². The van der Waals surface area contributed by atoms with Crippen LogP contribution in [-0.2, 0) is 12.5 Å². The molecule has 1 aromatic heterocycles. The Balaban J connectivity index is 2.40. The molecule has 1 saturated carbocycles. The van der Waals surface area contributed by atoms with Crippen molar-refractivity contribution in [2.24, 2.45) is 12.8 Å². The van der Waals surface area contributed by atoms with Gasteiger partial charge in [-0.1, -0.05) is 12.8 Å². The minimum absolute atomic E-state index is 0.234. The number of rotatable bonds is 2. The van der Waals surface area contributed by atoms with Gasteiger partial charge >= 0.3 is 0 Å². The highest BCUT2D eigenvalue weighted by Gasteiger charge is 2.36. The Labute approximate surface area is 85.3 Å². The zero-order valence-electron chi connectivity index (χ0n) is 9.08. The zero-order chi connectivity index (χ0) is 10.2. The van der Waals surface area contributed by atoms with Crippen molar-refractivity contribution in [3.63, 3.8) is 0 Å². The Morgan fingerprint density at radius 2 is 2.14 bits per heavy atom. The molecule has 1 fully saturated rings. The first-order valence-electron chi connectivity index (χ1n) is 5.39. The van der Waals surface area contributed by atoms with Gasteiger partial charge in [-0.25, -0.2) is 0 Å². The highest BCUT2D eigenvalue weighted by molar-refractivity contribution is 5.28. The van der Waals surface area contributed by atoms with E-state index in [2.05, 4.69) is 12.0 Å². The number of hydrogen-bond donors (Lipinski definition) is 1. The lowest BCUT2D eigenvalue weighted by atomic mass is 9.79. The molecule has 0 aromatic carbocycles. The van der Waals surface area contributed by atoms with Gasteiger partial charge < -0.3 is 5.73 Å². The van der Waals surface area contributed by atoms with Gasteiger partial charge in [-0.05, 0) is 19.8 Å². The summed E-state index contributed by atoms with van der Waals surface area (Å²) in [5, 5.41) is 4.31. The molecule has 3 nitrogen and oxygen atoms in total. The van der Waals surface area contributed by atoms with Crippen molar-refractivity contribution in [1.29, 1.82) is 0 Å². The Morgan fingerprint density at radius 3 is 2.57 bits per heavy atom. The molecule has 2 N–H and O–H groups in total. The molecule has 0 radical (unpaired) electrons. The van der Waals surface area contributed by atoms with E-state index in [0.29, 0.717) is 0 Å². The van der Waals surface area contributed by atoms with Crippen LogP contribution in [0.2, 0.25) is 0 Å². The summed E-state index contributed by atoms with van der Waals surface area (Å²) in [5.74, 6) is 0. The van der Waals surface area contributed by atoms with Crippen LogP contribution in [0.25, 0.3) is 0 Å². The number of aryl methyl sites for hydroxylation is 1. The summed E-state index contributed by atoms with van der Waals surface area (Å²) < 4.78 is 1.95. The van der Waals surface area contributed by atoms with Crippen molar-refractivity contribution in [1.82, 2.24) is 9.78 Å². The monoisotopic (exact) mass is 193 g/mol. The smallest absolute Gasteiger partial charge is 0.0530 e. The van der Waals surface area contributed by atoms with Crippen molar-refractivity contribution in [2.75, 3.05) is 6.54 Å². The van der Waals surface area contributed by atoms with Gasteiger partial charge in [-0.15, -0.1) is 0 Å². The van der Waals surface area contributed by atoms with Crippen molar-refractivity contribution in [3.8, 4) is 0 Å². The van der Waals surface area contributed by atoms with Gasteiger partial charge in [-0.3, -0.25) is 4.68 Å². The maximum Gasteiger partial charge on any atom is 0.0530 e. The van der Waals surface area contributed by atoms with E-state index < -0.39 is 0 Å². The molecule has 1 aliphatic rings. The van der Waals surface area contributed by atoms with Gasteiger partial charge in [0.2, 0.25) is 0 Å². The van der Waals surface area contributed by atoms with Gasteiger partial charge in [0.15, 0.2) is 0 Å². The molecule has 0 spiro atoms. The number of nitrogens with zero attached hydrogens (tertiary/aromatic N) is 2. The minimum atomic E-state index is 0.234. The van der Waals surface area contributed by atoms with E-state index in [4.69, 9.17) is 5.73 Å². The lowest BCUT2D eigenvalue weighted by molar-refractivity contribution is 0.449. The molecule has 2 rings (SSSR count). The lowest BCUT2D eigenvalue weighted by Gasteiger charge is -2.27. The molecule has 0 saturated heterocycles. The summed E-state index contributed by atoms with van der Waals surface area (Å²) in [4.78, 5) is 0. The van der Waals surface area contributed by atoms with Crippen molar-refractivity contribution in [2.45, 2.75) is 38.0 Å². The van der Waals surface area contributed by atoms with E-state index in [-0.39, 0.29) is 5.41 Å². The third-order valence-electron chi connectivity index (χ3n) is 3.76. The summed E-state index contributed by atoms with van der Waals surface area (Å²) in [6.45, 7) is 2.90. The van der Waals surface area contributed by atoms with Crippen LogP contribution in [0.1, 0.15) is 36.9 Å². The Morgan fingerprint density at radius 1 is 1.50 bits per heavy atom. The van der Waals surface area contributed by atoms with E-state index in [1.165, 1.54) is 36.9 Å². The van der Waals surface area contributed by atoms with Crippen LogP contribution in [0.4, 0.5) is 0 Å². The van der Waals surface area contributed by atoms with Gasteiger partial charge in [-0.2, -0.15) is 5.10 Å². The summed E-state index contributed by atoms with van der Waals surface area (Å²) >= 11 is 0. The van der Waals surface area contributed by atoms with Gasteiger partial charge in [0.25, 0.3) is 0 Å².